The first-order valence-electron chi connectivity index (χ1n) is 6.28. The average Bonchev–Trinajstić information content (AvgIpc) is 3.20. The number of aliphatic imine (C=N–C) groups is 2. The van der Waals surface area contributed by atoms with Crippen molar-refractivity contribution in [1.82, 2.24) is 4.90 Å². The van der Waals surface area contributed by atoms with Crippen LogP contribution >= 0.6 is 0 Å². The average molecular weight is 257 g/mol. The SMILES string of the molecule is CN(C=Cc1ccccc1)C(N)=NC(N)=NC1CC1. The summed E-state index contributed by atoms with van der Waals surface area (Å²) < 4.78 is 0. The van der Waals surface area contributed by atoms with E-state index >= 15 is 0 Å². The van der Waals surface area contributed by atoms with Gasteiger partial charge in [0.1, 0.15) is 0 Å². The molecule has 0 atom stereocenters. The van der Waals surface area contributed by atoms with Gasteiger partial charge >= 0.3 is 0 Å². The van der Waals surface area contributed by atoms with Crippen molar-refractivity contribution in [2.24, 2.45) is 21.5 Å². The lowest BCUT2D eigenvalue weighted by atomic mass is 10.2. The third kappa shape index (κ3) is 4.46. The Morgan fingerprint density at radius 2 is 1.95 bits per heavy atom. The van der Waals surface area contributed by atoms with Crippen LogP contribution in [0.1, 0.15) is 18.4 Å². The van der Waals surface area contributed by atoms with Gasteiger partial charge in [0.15, 0.2) is 0 Å². The molecule has 1 aromatic carbocycles. The van der Waals surface area contributed by atoms with Gasteiger partial charge in [0.25, 0.3) is 0 Å². The topological polar surface area (TPSA) is 80.0 Å². The fourth-order valence-electron chi connectivity index (χ4n) is 1.45. The van der Waals surface area contributed by atoms with Gasteiger partial charge in [-0.15, -0.1) is 0 Å². The fourth-order valence-corrected chi connectivity index (χ4v) is 1.45. The van der Waals surface area contributed by atoms with E-state index in [0.29, 0.717) is 12.0 Å². The Morgan fingerprint density at radius 3 is 2.58 bits per heavy atom. The Kier molecular flexibility index (Phi) is 4.18. The summed E-state index contributed by atoms with van der Waals surface area (Å²) >= 11 is 0. The Bertz CT molecular complexity index is 500. The predicted octanol–water partition coefficient (Wildman–Crippen LogP) is 1.38. The van der Waals surface area contributed by atoms with Crippen LogP contribution in [-0.2, 0) is 0 Å². The number of guanidine groups is 2. The molecule has 0 unspecified atom stereocenters. The molecule has 0 aromatic heterocycles. The van der Waals surface area contributed by atoms with Crippen molar-refractivity contribution in [3.63, 3.8) is 0 Å². The lowest BCUT2D eigenvalue weighted by molar-refractivity contribution is 0.683. The van der Waals surface area contributed by atoms with Gasteiger partial charge in [-0.1, -0.05) is 30.3 Å². The second-order valence-corrected chi connectivity index (χ2v) is 4.53. The summed E-state index contributed by atoms with van der Waals surface area (Å²) in [6.07, 6.45) is 5.99. The molecule has 1 saturated carbocycles. The van der Waals surface area contributed by atoms with Crippen LogP contribution in [0.5, 0.6) is 0 Å². The number of benzene rings is 1. The van der Waals surface area contributed by atoms with E-state index in [1.165, 1.54) is 0 Å². The molecular weight excluding hydrogens is 238 g/mol. The standard InChI is InChI=1S/C14H19N5/c1-19(10-9-11-5-3-2-4-6-11)14(16)18-13(15)17-12-7-8-12/h2-6,9-10,12H,7-8H2,1H3,(H4,15,16,17,18). The van der Waals surface area contributed by atoms with Crippen LogP contribution in [0, 0.1) is 0 Å². The van der Waals surface area contributed by atoms with Gasteiger partial charge in [0.2, 0.25) is 11.9 Å². The Morgan fingerprint density at radius 1 is 1.26 bits per heavy atom. The quantitative estimate of drug-likeness (QED) is 0.634. The van der Waals surface area contributed by atoms with Crippen molar-refractivity contribution in [2.75, 3.05) is 7.05 Å². The van der Waals surface area contributed by atoms with Gasteiger partial charge in [0.05, 0.1) is 6.04 Å². The van der Waals surface area contributed by atoms with Crippen molar-refractivity contribution in [2.45, 2.75) is 18.9 Å². The third-order valence-corrected chi connectivity index (χ3v) is 2.74. The summed E-state index contributed by atoms with van der Waals surface area (Å²) in [6, 6.07) is 10.3. The molecule has 1 fully saturated rings. The lowest BCUT2D eigenvalue weighted by Gasteiger charge is -2.12. The molecule has 2 rings (SSSR count). The molecule has 4 N–H and O–H groups in total. The van der Waals surface area contributed by atoms with Crippen LogP contribution in [0.25, 0.3) is 6.08 Å². The van der Waals surface area contributed by atoms with Crippen LogP contribution in [-0.4, -0.2) is 29.9 Å². The highest BCUT2D eigenvalue weighted by molar-refractivity contribution is 5.93. The number of rotatable bonds is 3. The second-order valence-electron chi connectivity index (χ2n) is 4.53. The lowest BCUT2D eigenvalue weighted by Crippen LogP contribution is -2.31. The van der Waals surface area contributed by atoms with E-state index in [4.69, 9.17) is 11.5 Å². The maximum atomic E-state index is 5.84. The van der Waals surface area contributed by atoms with Crippen LogP contribution in [0.3, 0.4) is 0 Å². The Labute approximate surface area is 113 Å². The molecule has 1 aromatic rings. The van der Waals surface area contributed by atoms with E-state index in [1.807, 2.05) is 49.7 Å². The molecule has 1 aliphatic carbocycles. The molecule has 0 radical (unpaired) electrons. The number of nitrogens with zero attached hydrogens (tertiary/aromatic N) is 3. The summed E-state index contributed by atoms with van der Waals surface area (Å²) in [5.41, 5.74) is 12.6. The monoisotopic (exact) mass is 257 g/mol. The largest absolute Gasteiger partial charge is 0.369 e. The first-order valence-corrected chi connectivity index (χ1v) is 6.28. The van der Waals surface area contributed by atoms with Gasteiger partial charge < -0.3 is 16.4 Å². The van der Waals surface area contributed by atoms with Gasteiger partial charge in [-0.05, 0) is 24.5 Å². The van der Waals surface area contributed by atoms with Gasteiger partial charge in [-0.2, -0.15) is 4.99 Å². The van der Waals surface area contributed by atoms with Crippen molar-refractivity contribution in [3.8, 4) is 0 Å². The van der Waals surface area contributed by atoms with E-state index in [1.54, 1.807) is 4.90 Å². The summed E-state index contributed by atoms with van der Waals surface area (Å²) in [6.45, 7) is 0. The molecule has 5 heteroatoms. The first kappa shape index (κ1) is 13.1. The summed E-state index contributed by atoms with van der Waals surface area (Å²) in [4.78, 5) is 9.98. The first-order chi connectivity index (χ1) is 9.15. The number of hydrogen-bond donors (Lipinski definition) is 2. The minimum absolute atomic E-state index is 0.250. The summed E-state index contributed by atoms with van der Waals surface area (Å²) in [5, 5.41) is 0. The molecule has 0 amide bonds. The highest BCUT2D eigenvalue weighted by Crippen LogP contribution is 2.23. The third-order valence-electron chi connectivity index (χ3n) is 2.74. The molecule has 5 nitrogen and oxygen atoms in total. The zero-order valence-corrected chi connectivity index (χ0v) is 11.0. The molecule has 19 heavy (non-hydrogen) atoms. The summed E-state index contributed by atoms with van der Waals surface area (Å²) in [7, 11) is 1.82. The number of hydrogen-bond acceptors (Lipinski definition) is 1. The van der Waals surface area contributed by atoms with Gasteiger partial charge in [0, 0.05) is 13.2 Å². The van der Waals surface area contributed by atoms with E-state index in [2.05, 4.69) is 9.98 Å². The maximum absolute atomic E-state index is 5.84. The molecule has 0 heterocycles. The van der Waals surface area contributed by atoms with E-state index in [0.717, 1.165) is 18.4 Å². The zero-order valence-electron chi connectivity index (χ0n) is 11.0. The highest BCUT2D eigenvalue weighted by atomic mass is 15.2. The van der Waals surface area contributed by atoms with Crippen LogP contribution < -0.4 is 11.5 Å². The molecular formula is C14H19N5. The van der Waals surface area contributed by atoms with Crippen molar-refractivity contribution in [1.29, 1.82) is 0 Å². The molecule has 0 spiro atoms. The highest BCUT2D eigenvalue weighted by Gasteiger charge is 2.20. The van der Waals surface area contributed by atoms with Crippen LogP contribution in [0.15, 0.2) is 46.5 Å². The minimum atomic E-state index is 0.250. The van der Waals surface area contributed by atoms with Crippen LogP contribution in [0.2, 0.25) is 0 Å². The molecule has 0 saturated heterocycles. The van der Waals surface area contributed by atoms with E-state index in [-0.39, 0.29) is 5.96 Å². The number of nitrogens with two attached hydrogens (primary N) is 2. The normalized spacial score (nSPS) is 16.9. The summed E-state index contributed by atoms with van der Waals surface area (Å²) in [5.74, 6) is 0.578. The molecule has 0 aliphatic heterocycles. The predicted molar refractivity (Wildman–Crippen MR) is 79.5 cm³/mol. The molecule has 0 bridgehead atoms. The van der Waals surface area contributed by atoms with E-state index < -0.39 is 0 Å². The minimum Gasteiger partial charge on any atom is -0.369 e. The van der Waals surface area contributed by atoms with Crippen molar-refractivity contribution < 1.29 is 0 Å². The zero-order chi connectivity index (χ0) is 13.7. The van der Waals surface area contributed by atoms with Crippen molar-refractivity contribution >= 4 is 18.0 Å². The smallest absolute Gasteiger partial charge is 0.218 e. The van der Waals surface area contributed by atoms with E-state index in [9.17, 15) is 0 Å². The Balaban J connectivity index is 1.96. The fraction of sp³-hybridized carbons (Fsp3) is 0.286. The molecule has 1 aliphatic rings. The Hall–Kier alpha value is -2.30. The maximum Gasteiger partial charge on any atom is 0.218 e. The molecule has 100 valence electrons. The van der Waals surface area contributed by atoms with Gasteiger partial charge in [-0.3, -0.25) is 0 Å². The van der Waals surface area contributed by atoms with Gasteiger partial charge in [-0.25, -0.2) is 4.99 Å². The van der Waals surface area contributed by atoms with Crippen LogP contribution in [0.4, 0.5) is 0 Å². The second kappa shape index (κ2) is 6.04. The van der Waals surface area contributed by atoms with Crippen molar-refractivity contribution in [3.05, 3.63) is 42.1 Å².